The highest BCUT2D eigenvalue weighted by Crippen LogP contribution is 2.20. The minimum Gasteiger partial charge on any atom is -0.371 e. The molecule has 6 nitrogen and oxygen atoms in total. The van der Waals surface area contributed by atoms with Gasteiger partial charge in [0.25, 0.3) is 5.91 Å². The first-order valence-electron chi connectivity index (χ1n) is 7.09. The average molecular weight is 287 g/mol. The molecule has 2 heterocycles. The second kappa shape index (κ2) is 5.55. The number of carbonyl (C=O) groups excluding carboxylic acids is 3. The Kier molecular flexibility index (Phi) is 3.60. The quantitative estimate of drug-likeness (QED) is 0.798. The molecule has 1 aromatic carbocycles. The second-order valence-corrected chi connectivity index (χ2v) is 5.41. The largest absolute Gasteiger partial charge is 0.371 e. The number of ketones is 1. The van der Waals surface area contributed by atoms with Gasteiger partial charge in [0.15, 0.2) is 0 Å². The molecule has 3 amide bonds. The van der Waals surface area contributed by atoms with Crippen LogP contribution >= 0.6 is 0 Å². The smallest absolute Gasteiger partial charge is 0.322 e. The SMILES string of the molecule is O=C1CCN(c2ccc(CC3NC(=O)NC3=O)cc2)CC1. The van der Waals surface area contributed by atoms with Gasteiger partial charge in [-0.3, -0.25) is 14.9 Å². The number of nitrogens with zero attached hydrogens (tertiary/aromatic N) is 1. The van der Waals surface area contributed by atoms with Crippen LogP contribution in [0.5, 0.6) is 0 Å². The molecule has 0 saturated carbocycles. The van der Waals surface area contributed by atoms with E-state index in [1.165, 1.54) is 0 Å². The maximum atomic E-state index is 11.5. The molecular formula is C15H17N3O3. The standard InChI is InChI=1S/C15H17N3O3/c19-12-5-7-18(8-6-12)11-3-1-10(2-4-11)9-13-14(20)17-15(21)16-13/h1-4,13H,5-9H2,(H2,16,17,20,21). The summed E-state index contributed by atoms with van der Waals surface area (Å²) in [6.07, 6.45) is 1.70. The molecule has 2 saturated heterocycles. The first-order valence-corrected chi connectivity index (χ1v) is 7.09. The predicted octanol–water partition coefficient (Wildman–Crippen LogP) is 0.606. The summed E-state index contributed by atoms with van der Waals surface area (Å²) in [5.74, 6) is 0.0458. The van der Waals surface area contributed by atoms with E-state index in [1.807, 2.05) is 24.3 Å². The maximum Gasteiger partial charge on any atom is 0.322 e. The molecular weight excluding hydrogens is 270 g/mol. The molecule has 1 unspecified atom stereocenters. The van der Waals surface area contributed by atoms with Crippen molar-refractivity contribution in [2.45, 2.75) is 25.3 Å². The number of Topliss-reactive ketones (excluding diaryl/α,β-unsaturated/α-hetero) is 1. The van der Waals surface area contributed by atoms with Crippen molar-refractivity contribution in [3.8, 4) is 0 Å². The Morgan fingerprint density at radius 1 is 1.05 bits per heavy atom. The normalized spacial score (nSPS) is 22.2. The Morgan fingerprint density at radius 2 is 1.71 bits per heavy atom. The van der Waals surface area contributed by atoms with E-state index < -0.39 is 12.1 Å². The molecule has 2 aliphatic heterocycles. The number of hydrogen-bond donors (Lipinski definition) is 2. The number of hydrogen-bond acceptors (Lipinski definition) is 4. The van der Waals surface area contributed by atoms with Crippen molar-refractivity contribution in [2.24, 2.45) is 0 Å². The van der Waals surface area contributed by atoms with E-state index in [2.05, 4.69) is 15.5 Å². The van der Waals surface area contributed by atoms with Gasteiger partial charge >= 0.3 is 6.03 Å². The number of piperidine rings is 1. The van der Waals surface area contributed by atoms with Crippen LogP contribution < -0.4 is 15.5 Å². The fourth-order valence-electron chi connectivity index (χ4n) is 2.70. The molecule has 1 atom stereocenters. The number of benzene rings is 1. The minimum absolute atomic E-state index is 0.279. The number of amides is 3. The van der Waals surface area contributed by atoms with E-state index in [0.717, 1.165) is 24.3 Å². The highest BCUT2D eigenvalue weighted by Gasteiger charge is 2.29. The van der Waals surface area contributed by atoms with Crippen LogP contribution in [0, 0.1) is 0 Å². The van der Waals surface area contributed by atoms with Gasteiger partial charge in [0.2, 0.25) is 0 Å². The van der Waals surface area contributed by atoms with Crippen molar-refractivity contribution < 1.29 is 14.4 Å². The fraction of sp³-hybridized carbons (Fsp3) is 0.400. The first-order chi connectivity index (χ1) is 10.1. The summed E-state index contributed by atoms with van der Waals surface area (Å²) in [5.41, 5.74) is 2.08. The first kappa shape index (κ1) is 13.6. The van der Waals surface area contributed by atoms with E-state index in [1.54, 1.807) is 0 Å². The predicted molar refractivity (Wildman–Crippen MR) is 77.1 cm³/mol. The molecule has 110 valence electrons. The van der Waals surface area contributed by atoms with E-state index in [-0.39, 0.29) is 5.91 Å². The Labute approximate surface area is 122 Å². The molecule has 0 spiro atoms. The number of anilines is 1. The van der Waals surface area contributed by atoms with Gasteiger partial charge in [0.05, 0.1) is 0 Å². The lowest BCUT2D eigenvalue weighted by Gasteiger charge is -2.28. The van der Waals surface area contributed by atoms with Gasteiger partial charge in [-0.2, -0.15) is 0 Å². The summed E-state index contributed by atoms with van der Waals surface area (Å²) in [7, 11) is 0. The van der Waals surface area contributed by atoms with Crippen LogP contribution in [0.4, 0.5) is 10.5 Å². The molecule has 6 heteroatoms. The summed E-state index contributed by atoms with van der Waals surface area (Å²) in [6, 6.07) is 7.00. The zero-order chi connectivity index (χ0) is 14.8. The second-order valence-electron chi connectivity index (χ2n) is 5.41. The molecule has 0 aromatic heterocycles. The summed E-state index contributed by atoms with van der Waals surface area (Å²) >= 11 is 0. The molecule has 2 aliphatic rings. The third kappa shape index (κ3) is 3.04. The summed E-state index contributed by atoms with van der Waals surface area (Å²) in [5, 5.41) is 4.81. The zero-order valence-corrected chi connectivity index (χ0v) is 11.6. The number of imide groups is 1. The number of carbonyl (C=O) groups is 3. The van der Waals surface area contributed by atoms with Crippen molar-refractivity contribution in [3.05, 3.63) is 29.8 Å². The van der Waals surface area contributed by atoms with Crippen LogP contribution in [0.2, 0.25) is 0 Å². The zero-order valence-electron chi connectivity index (χ0n) is 11.6. The molecule has 2 fully saturated rings. The van der Waals surface area contributed by atoms with Gasteiger partial charge in [-0.25, -0.2) is 4.79 Å². The van der Waals surface area contributed by atoms with Gasteiger partial charge in [-0.1, -0.05) is 12.1 Å². The van der Waals surface area contributed by atoms with E-state index in [9.17, 15) is 14.4 Å². The Morgan fingerprint density at radius 3 is 2.29 bits per heavy atom. The van der Waals surface area contributed by atoms with Crippen LogP contribution in [0.25, 0.3) is 0 Å². The van der Waals surface area contributed by atoms with Crippen molar-refractivity contribution in [2.75, 3.05) is 18.0 Å². The lowest BCUT2D eigenvalue weighted by Crippen LogP contribution is -2.33. The lowest BCUT2D eigenvalue weighted by molar-refractivity contribution is -0.120. The van der Waals surface area contributed by atoms with Gasteiger partial charge in [0, 0.05) is 38.0 Å². The van der Waals surface area contributed by atoms with E-state index in [4.69, 9.17) is 0 Å². The average Bonchev–Trinajstić information content (AvgIpc) is 2.79. The van der Waals surface area contributed by atoms with Crippen LogP contribution in [0.15, 0.2) is 24.3 Å². The van der Waals surface area contributed by atoms with Gasteiger partial charge in [0.1, 0.15) is 11.8 Å². The van der Waals surface area contributed by atoms with Crippen LogP contribution in [0.1, 0.15) is 18.4 Å². The van der Waals surface area contributed by atoms with E-state index in [0.29, 0.717) is 25.0 Å². The summed E-state index contributed by atoms with van der Waals surface area (Å²) in [6.45, 7) is 1.53. The van der Waals surface area contributed by atoms with E-state index >= 15 is 0 Å². The third-order valence-corrected chi connectivity index (χ3v) is 3.92. The van der Waals surface area contributed by atoms with Gasteiger partial charge in [-0.05, 0) is 17.7 Å². The van der Waals surface area contributed by atoms with Crippen molar-refractivity contribution >= 4 is 23.4 Å². The third-order valence-electron chi connectivity index (χ3n) is 3.92. The van der Waals surface area contributed by atoms with Crippen molar-refractivity contribution in [1.29, 1.82) is 0 Å². The molecule has 0 radical (unpaired) electrons. The summed E-state index contributed by atoms with van der Waals surface area (Å²) in [4.78, 5) is 36.0. The molecule has 1 aromatic rings. The molecule has 0 aliphatic carbocycles. The fourth-order valence-corrected chi connectivity index (χ4v) is 2.70. The van der Waals surface area contributed by atoms with Gasteiger partial charge < -0.3 is 10.2 Å². The maximum absolute atomic E-state index is 11.5. The highest BCUT2D eigenvalue weighted by atomic mass is 16.2. The number of rotatable bonds is 3. The van der Waals surface area contributed by atoms with Crippen LogP contribution in [-0.2, 0) is 16.0 Å². The van der Waals surface area contributed by atoms with Gasteiger partial charge in [-0.15, -0.1) is 0 Å². The molecule has 2 N–H and O–H groups in total. The number of nitrogens with one attached hydrogen (secondary N) is 2. The molecule has 0 bridgehead atoms. The minimum atomic E-state index is -0.490. The van der Waals surface area contributed by atoms with Crippen molar-refractivity contribution in [3.63, 3.8) is 0 Å². The lowest BCUT2D eigenvalue weighted by atomic mass is 10.0. The molecule has 21 heavy (non-hydrogen) atoms. The summed E-state index contributed by atoms with van der Waals surface area (Å²) < 4.78 is 0. The Balaban J connectivity index is 1.63. The monoisotopic (exact) mass is 287 g/mol. The number of urea groups is 1. The Bertz CT molecular complexity index is 572. The molecule has 3 rings (SSSR count). The van der Waals surface area contributed by atoms with Crippen LogP contribution in [-0.4, -0.2) is 36.9 Å². The highest BCUT2D eigenvalue weighted by molar-refractivity contribution is 6.04. The van der Waals surface area contributed by atoms with Crippen molar-refractivity contribution in [1.82, 2.24) is 10.6 Å². The topological polar surface area (TPSA) is 78.5 Å². The Hall–Kier alpha value is -2.37. The van der Waals surface area contributed by atoms with Crippen LogP contribution in [0.3, 0.4) is 0 Å².